The van der Waals surface area contributed by atoms with E-state index in [1.807, 2.05) is 19.2 Å². The van der Waals surface area contributed by atoms with Crippen LogP contribution >= 0.6 is 0 Å². The van der Waals surface area contributed by atoms with Crippen LogP contribution in [-0.2, 0) is 6.54 Å². The van der Waals surface area contributed by atoms with Crippen LogP contribution in [0.5, 0.6) is 0 Å². The molecule has 1 aliphatic rings. The molecule has 0 aromatic heterocycles. The van der Waals surface area contributed by atoms with Gasteiger partial charge < -0.3 is 5.32 Å². The zero-order chi connectivity index (χ0) is 13.5. The molecule has 0 bridgehead atoms. The van der Waals surface area contributed by atoms with E-state index < -0.39 is 0 Å². The van der Waals surface area contributed by atoms with E-state index in [1.165, 1.54) is 37.8 Å². The molecule has 19 heavy (non-hydrogen) atoms. The number of benzene rings is 1. The Hall–Kier alpha value is -1.37. The third-order valence-electron chi connectivity index (χ3n) is 3.95. The highest BCUT2D eigenvalue weighted by Crippen LogP contribution is 2.21. The van der Waals surface area contributed by atoms with Crippen LogP contribution in [0.25, 0.3) is 0 Å². The van der Waals surface area contributed by atoms with Gasteiger partial charge in [0.05, 0.1) is 11.6 Å². The molecule has 1 heterocycles. The number of hydrogen-bond donors (Lipinski definition) is 1. The van der Waals surface area contributed by atoms with Crippen LogP contribution in [0.15, 0.2) is 24.3 Å². The summed E-state index contributed by atoms with van der Waals surface area (Å²) in [5.74, 6) is 0. The van der Waals surface area contributed by atoms with E-state index >= 15 is 0 Å². The molecule has 1 atom stereocenters. The van der Waals surface area contributed by atoms with Gasteiger partial charge in [-0.25, -0.2) is 0 Å². The number of nitrogens with zero attached hydrogens (tertiary/aromatic N) is 2. The van der Waals surface area contributed by atoms with Crippen molar-refractivity contribution in [1.82, 2.24) is 10.2 Å². The summed E-state index contributed by atoms with van der Waals surface area (Å²) in [6.07, 6.45) is 5.22. The maximum atomic E-state index is 8.82. The first kappa shape index (κ1) is 14.0. The van der Waals surface area contributed by atoms with Gasteiger partial charge in [0.1, 0.15) is 0 Å². The zero-order valence-electron chi connectivity index (χ0n) is 11.7. The summed E-state index contributed by atoms with van der Waals surface area (Å²) in [5, 5.41) is 12.1. The third kappa shape index (κ3) is 4.05. The predicted octanol–water partition coefficient (Wildman–Crippen LogP) is 2.52. The molecule has 0 saturated carbocycles. The fraction of sp³-hybridized carbons (Fsp3) is 0.562. The zero-order valence-corrected chi connectivity index (χ0v) is 11.7. The molecule has 3 nitrogen and oxygen atoms in total. The lowest BCUT2D eigenvalue weighted by atomic mass is 9.98. The van der Waals surface area contributed by atoms with Crippen molar-refractivity contribution in [2.75, 3.05) is 20.1 Å². The standard InChI is InChI=1S/C16H23N3/c1-18-10-9-16-4-2-3-11-19(16)13-15-7-5-14(12-17)6-8-15/h5-8,16,18H,2-4,9-11,13H2,1H3. The Bertz CT molecular complexity index is 419. The summed E-state index contributed by atoms with van der Waals surface area (Å²) >= 11 is 0. The van der Waals surface area contributed by atoms with Crippen molar-refractivity contribution in [2.24, 2.45) is 0 Å². The predicted molar refractivity (Wildman–Crippen MR) is 77.7 cm³/mol. The first-order valence-electron chi connectivity index (χ1n) is 7.21. The second-order valence-electron chi connectivity index (χ2n) is 5.32. The van der Waals surface area contributed by atoms with Gasteiger partial charge in [-0.1, -0.05) is 18.6 Å². The Morgan fingerprint density at radius 1 is 1.32 bits per heavy atom. The number of nitriles is 1. The summed E-state index contributed by atoms with van der Waals surface area (Å²) in [4.78, 5) is 2.60. The van der Waals surface area contributed by atoms with Crippen LogP contribution in [0.3, 0.4) is 0 Å². The maximum Gasteiger partial charge on any atom is 0.0991 e. The molecule has 1 unspecified atom stereocenters. The van der Waals surface area contributed by atoms with E-state index in [0.29, 0.717) is 6.04 Å². The van der Waals surface area contributed by atoms with Gasteiger partial charge in [0.25, 0.3) is 0 Å². The van der Waals surface area contributed by atoms with Crippen molar-refractivity contribution < 1.29 is 0 Å². The molecule has 1 fully saturated rings. The third-order valence-corrected chi connectivity index (χ3v) is 3.95. The Kier molecular flexibility index (Phi) is 5.38. The topological polar surface area (TPSA) is 39.1 Å². The molecule has 1 aromatic carbocycles. The Morgan fingerprint density at radius 3 is 2.79 bits per heavy atom. The Labute approximate surface area is 116 Å². The molecule has 1 saturated heterocycles. The Balaban J connectivity index is 1.96. The molecule has 1 aliphatic heterocycles. The van der Waals surface area contributed by atoms with Crippen molar-refractivity contribution in [1.29, 1.82) is 5.26 Å². The first-order chi connectivity index (χ1) is 9.33. The fourth-order valence-corrected chi connectivity index (χ4v) is 2.83. The van der Waals surface area contributed by atoms with Gasteiger partial charge in [-0.2, -0.15) is 5.26 Å². The van der Waals surface area contributed by atoms with Gasteiger partial charge in [-0.15, -0.1) is 0 Å². The summed E-state index contributed by atoms with van der Waals surface area (Å²) in [7, 11) is 2.02. The molecular formula is C16H23N3. The lowest BCUT2D eigenvalue weighted by Crippen LogP contribution is -2.40. The van der Waals surface area contributed by atoms with Crippen molar-refractivity contribution >= 4 is 0 Å². The highest BCUT2D eigenvalue weighted by atomic mass is 15.2. The number of nitrogens with one attached hydrogen (secondary N) is 1. The minimum absolute atomic E-state index is 0.705. The van der Waals surface area contributed by atoms with Gasteiger partial charge in [0.2, 0.25) is 0 Å². The number of rotatable bonds is 5. The van der Waals surface area contributed by atoms with Gasteiger partial charge in [-0.3, -0.25) is 4.90 Å². The highest BCUT2D eigenvalue weighted by Gasteiger charge is 2.21. The molecule has 2 rings (SSSR count). The van der Waals surface area contributed by atoms with E-state index in [2.05, 4.69) is 28.4 Å². The van der Waals surface area contributed by atoms with Gasteiger partial charge >= 0.3 is 0 Å². The van der Waals surface area contributed by atoms with E-state index in [1.54, 1.807) is 0 Å². The molecule has 1 aromatic rings. The highest BCUT2D eigenvalue weighted by molar-refractivity contribution is 5.31. The average Bonchev–Trinajstić information content (AvgIpc) is 2.47. The SMILES string of the molecule is CNCCC1CCCCN1Cc1ccc(C#N)cc1. The summed E-state index contributed by atoms with van der Waals surface area (Å²) in [5.41, 5.74) is 2.06. The number of piperidine rings is 1. The van der Waals surface area contributed by atoms with Crippen LogP contribution in [0.1, 0.15) is 36.8 Å². The van der Waals surface area contributed by atoms with Crippen LogP contribution < -0.4 is 5.32 Å². The number of hydrogen-bond acceptors (Lipinski definition) is 3. The molecule has 0 amide bonds. The van der Waals surface area contributed by atoms with Crippen molar-refractivity contribution in [3.8, 4) is 6.07 Å². The lowest BCUT2D eigenvalue weighted by Gasteiger charge is -2.36. The minimum atomic E-state index is 0.705. The molecule has 102 valence electrons. The molecule has 3 heteroatoms. The van der Waals surface area contributed by atoms with Crippen LogP contribution in [-0.4, -0.2) is 31.1 Å². The van der Waals surface area contributed by atoms with Gasteiger partial charge in [0.15, 0.2) is 0 Å². The molecular weight excluding hydrogens is 234 g/mol. The van der Waals surface area contributed by atoms with Crippen LogP contribution in [0.4, 0.5) is 0 Å². The molecule has 1 N–H and O–H groups in total. The fourth-order valence-electron chi connectivity index (χ4n) is 2.83. The van der Waals surface area contributed by atoms with Crippen LogP contribution in [0.2, 0.25) is 0 Å². The first-order valence-corrected chi connectivity index (χ1v) is 7.21. The number of likely N-dealkylation sites (tertiary alicyclic amines) is 1. The minimum Gasteiger partial charge on any atom is -0.320 e. The molecule has 0 spiro atoms. The van der Waals surface area contributed by atoms with Crippen molar-refractivity contribution in [3.05, 3.63) is 35.4 Å². The summed E-state index contributed by atoms with van der Waals surface area (Å²) in [6.45, 7) is 3.31. The maximum absolute atomic E-state index is 8.82. The van der Waals surface area contributed by atoms with E-state index in [9.17, 15) is 0 Å². The molecule has 0 radical (unpaired) electrons. The Morgan fingerprint density at radius 2 is 2.11 bits per heavy atom. The lowest BCUT2D eigenvalue weighted by molar-refractivity contribution is 0.132. The van der Waals surface area contributed by atoms with Gasteiger partial charge in [0, 0.05) is 12.6 Å². The largest absolute Gasteiger partial charge is 0.320 e. The van der Waals surface area contributed by atoms with Gasteiger partial charge in [-0.05, 0) is 57.1 Å². The van der Waals surface area contributed by atoms with E-state index in [-0.39, 0.29) is 0 Å². The van der Waals surface area contributed by atoms with Crippen molar-refractivity contribution in [2.45, 2.75) is 38.3 Å². The van der Waals surface area contributed by atoms with E-state index in [0.717, 1.165) is 18.7 Å². The quantitative estimate of drug-likeness (QED) is 0.881. The normalized spacial score (nSPS) is 20.1. The second kappa shape index (κ2) is 7.28. The van der Waals surface area contributed by atoms with Crippen LogP contribution in [0, 0.1) is 11.3 Å². The smallest absolute Gasteiger partial charge is 0.0991 e. The molecule has 0 aliphatic carbocycles. The second-order valence-corrected chi connectivity index (χ2v) is 5.32. The van der Waals surface area contributed by atoms with E-state index in [4.69, 9.17) is 5.26 Å². The van der Waals surface area contributed by atoms with Crippen molar-refractivity contribution in [3.63, 3.8) is 0 Å². The average molecular weight is 257 g/mol. The summed E-state index contributed by atoms with van der Waals surface area (Å²) < 4.78 is 0. The monoisotopic (exact) mass is 257 g/mol. The summed E-state index contributed by atoms with van der Waals surface area (Å²) in [6, 6.07) is 10.9.